The minimum atomic E-state index is -0.259. The van der Waals surface area contributed by atoms with E-state index in [1.165, 1.54) is 0 Å². The van der Waals surface area contributed by atoms with E-state index in [4.69, 9.17) is 0 Å². The van der Waals surface area contributed by atoms with E-state index < -0.39 is 0 Å². The SMILES string of the molecule is CN(C)CCNC(=O)Cc1ccc(NC(=O)c2ccc(NC(=O)c3ccccc3)cc2)cc1. The van der Waals surface area contributed by atoms with Gasteiger partial charge >= 0.3 is 0 Å². The van der Waals surface area contributed by atoms with E-state index >= 15 is 0 Å². The van der Waals surface area contributed by atoms with Gasteiger partial charge in [-0.05, 0) is 68.2 Å². The van der Waals surface area contributed by atoms with Crippen LogP contribution in [0.2, 0.25) is 0 Å². The van der Waals surface area contributed by atoms with Crippen LogP contribution in [0.15, 0.2) is 78.9 Å². The molecule has 3 amide bonds. The number of likely N-dealkylation sites (N-methyl/N-ethyl adjacent to an activating group) is 1. The Morgan fingerprint density at radius 1 is 0.697 bits per heavy atom. The summed E-state index contributed by atoms with van der Waals surface area (Å²) in [6.45, 7) is 1.39. The Morgan fingerprint density at radius 2 is 1.21 bits per heavy atom. The normalized spacial score (nSPS) is 10.5. The van der Waals surface area contributed by atoms with E-state index in [9.17, 15) is 14.4 Å². The van der Waals surface area contributed by atoms with Gasteiger partial charge in [-0.15, -0.1) is 0 Å². The lowest BCUT2D eigenvalue weighted by atomic mass is 10.1. The van der Waals surface area contributed by atoms with Crippen LogP contribution in [0.3, 0.4) is 0 Å². The predicted octanol–water partition coefficient (Wildman–Crippen LogP) is 3.41. The summed E-state index contributed by atoms with van der Waals surface area (Å²) in [5, 5.41) is 8.53. The van der Waals surface area contributed by atoms with Crippen molar-refractivity contribution in [3.63, 3.8) is 0 Å². The first-order valence-corrected chi connectivity index (χ1v) is 10.7. The molecule has 33 heavy (non-hydrogen) atoms. The molecule has 3 aromatic carbocycles. The quantitative estimate of drug-likeness (QED) is 0.472. The van der Waals surface area contributed by atoms with Crippen LogP contribution in [0.4, 0.5) is 11.4 Å². The zero-order valence-corrected chi connectivity index (χ0v) is 18.8. The predicted molar refractivity (Wildman–Crippen MR) is 131 cm³/mol. The number of anilines is 2. The van der Waals surface area contributed by atoms with Crippen molar-refractivity contribution in [3.05, 3.63) is 95.6 Å². The lowest BCUT2D eigenvalue weighted by molar-refractivity contribution is -0.120. The molecule has 3 rings (SSSR count). The zero-order chi connectivity index (χ0) is 23.6. The van der Waals surface area contributed by atoms with Crippen molar-refractivity contribution >= 4 is 29.1 Å². The van der Waals surface area contributed by atoms with Crippen LogP contribution in [-0.4, -0.2) is 49.8 Å². The first-order valence-electron chi connectivity index (χ1n) is 10.7. The Kier molecular flexibility index (Phi) is 8.32. The minimum absolute atomic E-state index is 0.0342. The van der Waals surface area contributed by atoms with Crippen LogP contribution in [0, 0.1) is 0 Å². The monoisotopic (exact) mass is 444 g/mol. The van der Waals surface area contributed by atoms with Gasteiger partial charge in [0.05, 0.1) is 6.42 Å². The highest BCUT2D eigenvalue weighted by Crippen LogP contribution is 2.15. The number of nitrogens with one attached hydrogen (secondary N) is 3. The van der Waals surface area contributed by atoms with Crippen molar-refractivity contribution in [1.29, 1.82) is 0 Å². The van der Waals surface area contributed by atoms with Gasteiger partial charge in [-0.2, -0.15) is 0 Å². The van der Waals surface area contributed by atoms with Gasteiger partial charge in [0.25, 0.3) is 11.8 Å². The number of carbonyl (C=O) groups is 3. The van der Waals surface area contributed by atoms with E-state index in [-0.39, 0.29) is 24.1 Å². The fourth-order valence-electron chi connectivity index (χ4n) is 3.07. The Bertz CT molecular complexity index is 1080. The second-order valence-electron chi connectivity index (χ2n) is 7.88. The van der Waals surface area contributed by atoms with E-state index in [2.05, 4.69) is 16.0 Å². The molecule has 0 heterocycles. The third-order valence-electron chi connectivity index (χ3n) is 4.90. The molecular weight excluding hydrogens is 416 g/mol. The zero-order valence-electron chi connectivity index (χ0n) is 18.8. The molecule has 0 unspecified atom stereocenters. The van der Waals surface area contributed by atoms with Gasteiger partial charge in [0.1, 0.15) is 0 Å². The third kappa shape index (κ3) is 7.59. The number of amides is 3. The Labute approximate surface area is 193 Å². The molecule has 0 fully saturated rings. The summed E-state index contributed by atoms with van der Waals surface area (Å²) < 4.78 is 0. The van der Waals surface area contributed by atoms with Crippen molar-refractivity contribution in [1.82, 2.24) is 10.2 Å². The van der Waals surface area contributed by atoms with Gasteiger partial charge in [-0.1, -0.05) is 30.3 Å². The van der Waals surface area contributed by atoms with Crippen LogP contribution < -0.4 is 16.0 Å². The number of carbonyl (C=O) groups excluding carboxylic acids is 3. The molecule has 3 N–H and O–H groups in total. The third-order valence-corrected chi connectivity index (χ3v) is 4.90. The van der Waals surface area contributed by atoms with Crippen molar-refractivity contribution < 1.29 is 14.4 Å². The Balaban J connectivity index is 1.50. The van der Waals surface area contributed by atoms with Crippen molar-refractivity contribution in [3.8, 4) is 0 Å². The van der Waals surface area contributed by atoms with Crippen molar-refractivity contribution in [2.75, 3.05) is 37.8 Å². The van der Waals surface area contributed by atoms with Gasteiger partial charge in [-0.25, -0.2) is 0 Å². The van der Waals surface area contributed by atoms with Crippen molar-refractivity contribution in [2.24, 2.45) is 0 Å². The lowest BCUT2D eigenvalue weighted by Crippen LogP contribution is -2.32. The largest absolute Gasteiger partial charge is 0.355 e. The summed E-state index contributed by atoms with van der Waals surface area (Å²) in [6.07, 6.45) is 0.290. The standard InChI is InChI=1S/C26H28N4O3/c1-30(2)17-16-27-24(31)18-19-8-12-22(13-9-19)28-26(33)21-10-14-23(15-11-21)29-25(32)20-6-4-3-5-7-20/h3-15H,16-18H2,1-2H3,(H,27,31)(H,28,33)(H,29,32). The molecule has 7 heteroatoms. The smallest absolute Gasteiger partial charge is 0.255 e. The summed E-state index contributed by atoms with van der Waals surface area (Å²) in [6, 6.07) is 22.8. The molecule has 0 bridgehead atoms. The maximum absolute atomic E-state index is 12.5. The fourth-order valence-corrected chi connectivity index (χ4v) is 3.07. The van der Waals surface area contributed by atoms with Gasteiger partial charge < -0.3 is 20.9 Å². The summed E-state index contributed by atoms with van der Waals surface area (Å²) in [7, 11) is 3.91. The molecule has 0 aliphatic carbocycles. The molecule has 7 nitrogen and oxygen atoms in total. The minimum Gasteiger partial charge on any atom is -0.355 e. The first-order chi connectivity index (χ1) is 15.9. The maximum Gasteiger partial charge on any atom is 0.255 e. The second kappa shape index (κ2) is 11.6. The Hall–Kier alpha value is -3.97. The van der Waals surface area contributed by atoms with E-state index in [0.29, 0.717) is 29.0 Å². The lowest BCUT2D eigenvalue weighted by Gasteiger charge is -2.11. The number of hydrogen-bond donors (Lipinski definition) is 3. The van der Waals surface area contributed by atoms with Gasteiger partial charge in [0.15, 0.2) is 0 Å². The number of rotatable bonds is 9. The molecule has 0 aliphatic rings. The summed E-state index contributed by atoms with van der Waals surface area (Å²) in [4.78, 5) is 38.8. The van der Waals surface area contributed by atoms with Gasteiger partial charge in [0.2, 0.25) is 5.91 Å². The maximum atomic E-state index is 12.5. The van der Waals surface area contributed by atoms with Gasteiger partial charge in [0, 0.05) is 35.6 Å². The fraction of sp³-hybridized carbons (Fsp3) is 0.192. The molecule has 0 aromatic heterocycles. The van der Waals surface area contributed by atoms with Crippen molar-refractivity contribution in [2.45, 2.75) is 6.42 Å². The van der Waals surface area contributed by atoms with Crippen LogP contribution in [0.1, 0.15) is 26.3 Å². The van der Waals surface area contributed by atoms with E-state index in [0.717, 1.165) is 12.1 Å². The molecule has 0 spiro atoms. The molecule has 0 atom stereocenters. The Morgan fingerprint density at radius 3 is 1.76 bits per heavy atom. The highest BCUT2D eigenvalue weighted by atomic mass is 16.2. The summed E-state index contributed by atoms with van der Waals surface area (Å²) in [5.41, 5.74) is 3.14. The molecule has 170 valence electrons. The summed E-state index contributed by atoms with van der Waals surface area (Å²) in [5.74, 6) is -0.502. The number of nitrogens with zero attached hydrogens (tertiary/aromatic N) is 1. The molecule has 0 saturated carbocycles. The molecule has 3 aromatic rings. The topological polar surface area (TPSA) is 90.5 Å². The highest BCUT2D eigenvalue weighted by molar-refractivity contribution is 6.06. The molecular formula is C26H28N4O3. The van der Waals surface area contributed by atoms with Crippen LogP contribution in [-0.2, 0) is 11.2 Å². The van der Waals surface area contributed by atoms with E-state index in [1.54, 1.807) is 60.7 Å². The average Bonchev–Trinajstić information content (AvgIpc) is 2.81. The van der Waals surface area contributed by atoms with Crippen LogP contribution >= 0.6 is 0 Å². The molecule has 0 saturated heterocycles. The average molecular weight is 445 g/mol. The van der Waals surface area contributed by atoms with Crippen LogP contribution in [0.5, 0.6) is 0 Å². The highest BCUT2D eigenvalue weighted by Gasteiger charge is 2.09. The number of hydrogen-bond acceptors (Lipinski definition) is 4. The van der Waals surface area contributed by atoms with Crippen LogP contribution in [0.25, 0.3) is 0 Å². The molecule has 0 aliphatic heterocycles. The van der Waals surface area contributed by atoms with Gasteiger partial charge in [-0.3, -0.25) is 14.4 Å². The first kappa shape index (κ1) is 23.7. The second-order valence-corrected chi connectivity index (χ2v) is 7.88. The number of benzene rings is 3. The molecule has 0 radical (unpaired) electrons. The summed E-state index contributed by atoms with van der Waals surface area (Å²) >= 11 is 0. The van der Waals surface area contributed by atoms with E-state index in [1.807, 2.05) is 37.2 Å².